The molecule has 0 saturated carbocycles. The van der Waals surface area contributed by atoms with Crippen LogP contribution in [0.3, 0.4) is 0 Å². The molecular weight excluding hydrogens is 332 g/mol. The summed E-state index contributed by atoms with van der Waals surface area (Å²) in [6.45, 7) is 10.7. The van der Waals surface area contributed by atoms with Gasteiger partial charge >= 0.3 is 0 Å². The van der Waals surface area contributed by atoms with Gasteiger partial charge in [-0.2, -0.15) is 0 Å². The van der Waals surface area contributed by atoms with E-state index in [1.54, 1.807) is 7.11 Å². The second kappa shape index (κ2) is 8.10. The highest BCUT2D eigenvalue weighted by Gasteiger charge is 2.26. The summed E-state index contributed by atoms with van der Waals surface area (Å²) in [6.07, 6.45) is 0.0474. The van der Waals surface area contributed by atoms with Gasteiger partial charge in [0.15, 0.2) is 5.76 Å². The van der Waals surface area contributed by atoms with E-state index in [2.05, 4.69) is 19.2 Å². The molecule has 3 rings (SSSR count). The van der Waals surface area contributed by atoms with Gasteiger partial charge in [-0.05, 0) is 25.1 Å². The number of nitrogens with one attached hydrogen (secondary N) is 2. The standard InChI is InChI=1S/C20H28N2O4/c1-13(2)11-22-7-8-25-16(12-22)10-21-20(23)19-14(3)17-9-15(24-4)5-6-18(17)26-19/h5-6,9,13,16H,7-8,10-12H2,1-4H3,(H,21,23)/p+1/t16-/m0/s1. The minimum Gasteiger partial charge on any atom is -0.497 e. The van der Waals surface area contributed by atoms with Crippen molar-refractivity contribution < 1.29 is 23.6 Å². The normalized spacial score (nSPS) is 20.5. The van der Waals surface area contributed by atoms with Gasteiger partial charge in [-0.1, -0.05) is 13.8 Å². The molecule has 2 atom stereocenters. The van der Waals surface area contributed by atoms with Crippen LogP contribution in [0.1, 0.15) is 30.0 Å². The molecule has 1 aromatic carbocycles. The third-order valence-corrected chi connectivity index (χ3v) is 4.86. The highest BCUT2D eigenvalue weighted by Crippen LogP contribution is 2.28. The number of carbonyl (C=O) groups excluding carboxylic acids is 1. The lowest BCUT2D eigenvalue weighted by Gasteiger charge is -2.31. The van der Waals surface area contributed by atoms with Gasteiger partial charge in [0, 0.05) is 23.4 Å². The molecule has 0 bridgehead atoms. The first kappa shape index (κ1) is 18.7. The van der Waals surface area contributed by atoms with Gasteiger partial charge in [0.2, 0.25) is 0 Å². The average molecular weight is 361 g/mol. The Balaban J connectivity index is 1.63. The van der Waals surface area contributed by atoms with E-state index in [-0.39, 0.29) is 12.0 Å². The Morgan fingerprint density at radius 3 is 2.96 bits per heavy atom. The summed E-state index contributed by atoms with van der Waals surface area (Å²) < 4.78 is 16.8. The van der Waals surface area contributed by atoms with Gasteiger partial charge in [0.1, 0.15) is 30.5 Å². The van der Waals surface area contributed by atoms with Crippen LogP contribution in [0.4, 0.5) is 0 Å². The summed E-state index contributed by atoms with van der Waals surface area (Å²) in [6, 6.07) is 5.55. The lowest BCUT2D eigenvalue weighted by atomic mass is 10.1. The Labute approximate surface area is 154 Å². The van der Waals surface area contributed by atoms with Crippen LogP contribution in [-0.2, 0) is 4.74 Å². The molecule has 2 N–H and O–H groups in total. The highest BCUT2D eigenvalue weighted by atomic mass is 16.5. The zero-order valence-corrected chi connectivity index (χ0v) is 16.1. The van der Waals surface area contributed by atoms with E-state index in [1.165, 1.54) is 4.90 Å². The zero-order valence-electron chi connectivity index (χ0n) is 16.1. The Morgan fingerprint density at radius 1 is 1.42 bits per heavy atom. The number of hydrogen-bond acceptors (Lipinski definition) is 4. The molecule has 2 aromatic rings. The molecule has 2 heterocycles. The van der Waals surface area contributed by atoms with Gasteiger partial charge in [0.25, 0.3) is 5.91 Å². The molecule has 1 amide bonds. The number of carbonyl (C=O) groups is 1. The van der Waals surface area contributed by atoms with Crippen LogP contribution >= 0.6 is 0 Å². The van der Waals surface area contributed by atoms with E-state index in [9.17, 15) is 4.79 Å². The second-order valence-corrected chi connectivity index (χ2v) is 7.42. The van der Waals surface area contributed by atoms with Gasteiger partial charge < -0.3 is 24.1 Å². The Morgan fingerprint density at radius 2 is 2.23 bits per heavy atom. The SMILES string of the molecule is COc1ccc2oc(C(=O)NC[C@H]3C[NH+](CC(C)C)CCO3)c(C)c2c1. The number of benzene rings is 1. The topological polar surface area (TPSA) is 65.1 Å². The quantitative estimate of drug-likeness (QED) is 0.817. The minimum atomic E-state index is -0.197. The van der Waals surface area contributed by atoms with Crippen molar-refractivity contribution in [3.8, 4) is 5.75 Å². The molecule has 1 aliphatic heterocycles. The maximum Gasteiger partial charge on any atom is 0.287 e. The molecule has 6 heteroatoms. The van der Waals surface area contributed by atoms with Crippen LogP contribution in [0.25, 0.3) is 11.0 Å². The summed E-state index contributed by atoms with van der Waals surface area (Å²) in [7, 11) is 1.62. The summed E-state index contributed by atoms with van der Waals surface area (Å²) in [5.41, 5.74) is 1.52. The van der Waals surface area contributed by atoms with E-state index in [0.29, 0.717) is 23.8 Å². The van der Waals surface area contributed by atoms with Crippen LogP contribution in [0.5, 0.6) is 5.75 Å². The molecule has 0 spiro atoms. The number of rotatable bonds is 6. The van der Waals surface area contributed by atoms with Crippen molar-refractivity contribution in [2.45, 2.75) is 26.9 Å². The smallest absolute Gasteiger partial charge is 0.287 e. The van der Waals surface area contributed by atoms with Crippen molar-refractivity contribution >= 4 is 16.9 Å². The summed E-state index contributed by atoms with van der Waals surface area (Å²) in [5.74, 6) is 1.57. The van der Waals surface area contributed by atoms with Crippen LogP contribution in [0.15, 0.2) is 22.6 Å². The number of amides is 1. The molecular formula is C20H29N2O4+. The summed E-state index contributed by atoms with van der Waals surface area (Å²) in [5, 5.41) is 3.87. The number of ether oxygens (including phenoxy) is 2. The van der Waals surface area contributed by atoms with Gasteiger partial charge in [-0.25, -0.2) is 0 Å². The van der Waals surface area contributed by atoms with Crippen LogP contribution < -0.4 is 15.0 Å². The fourth-order valence-electron chi connectivity index (χ4n) is 3.58. The highest BCUT2D eigenvalue weighted by molar-refractivity contribution is 5.99. The van der Waals surface area contributed by atoms with Crippen molar-refractivity contribution in [3.05, 3.63) is 29.5 Å². The molecule has 0 radical (unpaired) electrons. The number of hydrogen-bond donors (Lipinski definition) is 2. The zero-order chi connectivity index (χ0) is 18.7. The van der Waals surface area contributed by atoms with Crippen molar-refractivity contribution in [1.29, 1.82) is 0 Å². The van der Waals surface area contributed by atoms with E-state index in [4.69, 9.17) is 13.9 Å². The molecule has 1 aromatic heterocycles. The molecule has 26 heavy (non-hydrogen) atoms. The van der Waals surface area contributed by atoms with E-state index in [1.807, 2.05) is 25.1 Å². The number of aryl methyl sites for hydroxylation is 1. The Hall–Kier alpha value is -2.05. The minimum absolute atomic E-state index is 0.0474. The molecule has 1 aliphatic rings. The van der Waals surface area contributed by atoms with E-state index in [0.717, 1.165) is 42.9 Å². The fourth-order valence-corrected chi connectivity index (χ4v) is 3.58. The Kier molecular flexibility index (Phi) is 5.84. The Bertz CT molecular complexity index is 769. The third-order valence-electron chi connectivity index (χ3n) is 4.86. The predicted molar refractivity (Wildman–Crippen MR) is 100.0 cm³/mol. The predicted octanol–water partition coefficient (Wildman–Crippen LogP) is 1.42. The first-order valence-corrected chi connectivity index (χ1v) is 9.28. The van der Waals surface area contributed by atoms with Crippen molar-refractivity contribution in [1.82, 2.24) is 5.32 Å². The van der Waals surface area contributed by atoms with Crippen molar-refractivity contribution in [2.24, 2.45) is 5.92 Å². The van der Waals surface area contributed by atoms with Gasteiger partial charge in [-0.3, -0.25) is 4.79 Å². The summed E-state index contributed by atoms with van der Waals surface area (Å²) >= 11 is 0. The number of morpholine rings is 1. The molecule has 6 nitrogen and oxygen atoms in total. The number of furan rings is 1. The van der Waals surface area contributed by atoms with Gasteiger partial charge in [-0.15, -0.1) is 0 Å². The lowest BCUT2D eigenvalue weighted by molar-refractivity contribution is -0.914. The number of fused-ring (bicyclic) bond motifs is 1. The number of quaternary nitrogens is 1. The van der Waals surface area contributed by atoms with Crippen molar-refractivity contribution in [2.75, 3.05) is 39.9 Å². The maximum absolute atomic E-state index is 12.6. The molecule has 142 valence electrons. The summed E-state index contributed by atoms with van der Waals surface area (Å²) in [4.78, 5) is 14.1. The van der Waals surface area contributed by atoms with Gasteiger partial charge in [0.05, 0.1) is 20.3 Å². The van der Waals surface area contributed by atoms with E-state index < -0.39 is 0 Å². The average Bonchev–Trinajstić information content (AvgIpc) is 2.95. The first-order valence-electron chi connectivity index (χ1n) is 9.28. The van der Waals surface area contributed by atoms with Crippen LogP contribution in [-0.4, -0.2) is 51.9 Å². The molecule has 1 saturated heterocycles. The largest absolute Gasteiger partial charge is 0.497 e. The van der Waals surface area contributed by atoms with Crippen LogP contribution in [0, 0.1) is 12.8 Å². The molecule has 1 unspecified atom stereocenters. The second-order valence-electron chi connectivity index (χ2n) is 7.42. The lowest BCUT2D eigenvalue weighted by Crippen LogP contribution is -3.15. The first-order chi connectivity index (χ1) is 12.5. The monoisotopic (exact) mass is 361 g/mol. The van der Waals surface area contributed by atoms with Crippen molar-refractivity contribution in [3.63, 3.8) is 0 Å². The number of methoxy groups -OCH3 is 1. The maximum atomic E-state index is 12.6. The van der Waals surface area contributed by atoms with E-state index >= 15 is 0 Å². The third kappa shape index (κ3) is 4.19. The fraction of sp³-hybridized carbons (Fsp3) is 0.550. The molecule has 1 fully saturated rings. The molecule has 0 aliphatic carbocycles. The van der Waals surface area contributed by atoms with Crippen LogP contribution in [0.2, 0.25) is 0 Å².